The van der Waals surface area contributed by atoms with Crippen LogP contribution in [-0.2, 0) is 9.59 Å². The molecule has 0 aromatic carbocycles. The summed E-state index contributed by atoms with van der Waals surface area (Å²) in [6.07, 6.45) is 4.16. The van der Waals surface area contributed by atoms with Gasteiger partial charge in [0.2, 0.25) is 0 Å². The van der Waals surface area contributed by atoms with Crippen molar-refractivity contribution in [1.82, 2.24) is 14.9 Å². The predicted octanol–water partition coefficient (Wildman–Crippen LogP) is 4.00. The molecule has 0 bridgehead atoms. The summed E-state index contributed by atoms with van der Waals surface area (Å²) in [4.78, 5) is 32.9. The molecule has 28 heavy (non-hydrogen) atoms. The fourth-order valence-electron chi connectivity index (χ4n) is 2.23. The van der Waals surface area contributed by atoms with Gasteiger partial charge < -0.3 is 9.90 Å². The first-order valence-electron chi connectivity index (χ1n) is 8.52. The van der Waals surface area contributed by atoms with E-state index in [0.29, 0.717) is 19.4 Å². The van der Waals surface area contributed by atoms with Crippen LogP contribution < -0.4 is 0 Å². The minimum atomic E-state index is -0.961. The second-order valence-corrected chi connectivity index (χ2v) is 10.3. The van der Waals surface area contributed by atoms with E-state index in [0.717, 1.165) is 21.6 Å². The average molecular weight is 456 g/mol. The van der Waals surface area contributed by atoms with E-state index in [4.69, 9.17) is 0 Å². The third-order valence-electron chi connectivity index (χ3n) is 3.53. The summed E-state index contributed by atoms with van der Waals surface area (Å²) in [5.74, 6) is 0.515. The van der Waals surface area contributed by atoms with E-state index in [2.05, 4.69) is 9.97 Å². The van der Waals surface area contributed by atoms with Gasteiger partial charge in [0.1, 0.15) is 22.4 Å². The lowest BCUT2D eigenvalue weighted by atomic mass is 10.2. The molecule has 2 heterocycles. The predicted molar refractivity (Wildman–Crippen MR) is 119 cm³/mol. The Balaban J connectivity index is 1.81. The van der Waals surface area contributed by atoms with Crippen molar-refractivity contribution >= 4 is 55.4 Å². The van der Waals surface area contributed by atoms with Gasteiger partial charge in [0.25, 0.3) is 0 Å². The van der Waals surface area contributed by atoms with Gasteiger partial charge in [0.15, 0.2) is 0 Å². The molecule has 0 aliphatic heterocycles. The van der Waals surface area contributed by atoms with Crippen molar-refractivity contribution in [3.63, 3.8) is 0 Å². The molecule has 6 nitrogen and oxygen atoms in total. The largest absolute Gasteiger partial charge is 0.480 e. The van der Waals surface area contributed by atoms with Crippen LogP contribution in [0.3, 0.4) is 0 Å². The Hall–Kier alpha value is -1.20. The second-order valence-electron chi connectivity index (χ2n) is 5.44. The van der Waals surface area contributed by atoms with Gasteiger partial charge in [0.05, 0.1) is 0 Å². The van der Waals surface area contributed by atoms with E-state index in [1.54, 1.807) is 55.6 Å². The van der Waals surface area contributed by atoms with Crippen LogP contribution in [0.4, 0.5) is 0 Å². The van der Waals surface area contributed by atoms with Gasteiger partial charge in [0, 0.05) is 43.4 Å². The van der Waals surface area contributed by atoms with Crippen LogP contribution in [0, 0.1) is 0 Å². The molecule has 1 atom stereocenters. The first kappa shape index (κ1) is 23.1. The maximum absolute atomic E-state index is 11.6. The topological polar surface area (TPSA) is 83.4 Å². The summed E-state index contributed by atoms with van der Waals surface area (Å²) in [5.41, 5.74) is 0. The summed E-state index contributed by atoms with van der Waals surface area (Å²) in [6, 6.07) is 10.7. The number of carbonyl (C=O) groups is 2. The zero-order valence-corrected chi connectivity index (χ0v) is 18.3. The SMILES string of the molecule is O=CCC(C(=O)O)N(CCSSc1ccccn1)CCSSc1ccccn1. The smallest absolute Gasteiger partial charge is 0.321 e. The molecular weight excluding hydrogens is 434 g/mol. The second kappa shape index (κ2) is 13.9. The third-order valence-corrected chi connectivity index (χ3v) is 8.02. The highest BCUT2D eigenvalue weighted by atomic mass is 33.1. The Morgan fingerprint density at radius 3 is 1.93 bits per heavy atom. The molecule has 0 spiro atoms. The number of carbonyl (C=O) groups excluding carboxylic acids is 1. The zero-order chi connectivity index (χ0) is 20.0. The Morgan fingerprint density at radius 2 is 1.54 bits per heavy atom. The molecule has 0 radical (unpaired) electrons. The number of aromatic nitrogens is 2. The quantitative estimate of drug-likeness (QED) is 0.256. The van der Waals surface area contributed by atoms with Crippen molar-refractivity contribution in [1.29, 1.82) is 0 Å². The van der Waals surface area contributed by atoms with Crippen LogP contribution in [0.25, 0.3) is 0 Å². The highest BCUT2D eigenvalue weighted by molar-refractivity contribution is 8.77. The number of hydrogen-bond donors (Lipinski definition) is 1. The van der Waals surface area contributed by atoms with Crippen molar-refractivity contribution in [2.75, 3.05) is 24.6 Å². The van der Waals surface area contributed by atoms with Crippen LogP contribution in [0.1, 0.15) is 6.42 Å². The molecule has 150 valence electrons. The lowest BCUT2D eigenvalue weighted by Gasteiger charge is -2.27. The molecule has 0 aliphatic rings. The van der Waals surface area contributed by atoms with Crippen LogP contribution in [0.15, 0.2) is 58.8 Å². The van der Waals surface area contributed by atoms with Gasteiger partial charge in [-0.2, -0.15) is 0 Å². The Kier molecular flexibility index (Phi) is 11.5. The molecule has 0 amide bonds. The highest BCUT2D eigenvalue weighted by Crippen LogP contribution is 2.30. The molecule has 0 saturated heterocycles. The number of carboxylic acid groups (broad SMARTS) is 1. The van der Waals surface area contributed by atoms with E-state index < -0.39 is 12.0 Å². The van der Waals surface area contributed by atoms with Gasteiger partial charge in [-0.05, 0) is 45.9 Å². The van der Waals surface area contributed by atoms with Crippen molar-refractivity contribution in [3.8, 4) is 0 Å². The minimum Gasteiger partial charge on any atom is -0.480 e. The maximum atomic E-state index is 11.6. The molecule has 2 rings (SSSR count). The first-order valence-corrected chi connectivity index (χ1v) is 13.2. The Bertz CT molecular complexity index is 662. The molecule has 1 unspecified atom stereocenters. The minimum absolute atomic E-state index is 0.00850. The molecule has 0 saturated carbocycles. The number of rotatable bonds is 14. The summed E-state index contributed by atoms with van der Waals surface area (Å²) in [5, 5.41) is 11.3. The Labute approximate surface area is 180 Å². The number of aliphatic carboxylic acids is 1. The fourth-order valence-corrected chi connectivity index (χ4v) is 5.99. The number of hydrogen-bond acceptors (Lipinski definition) is 9. The third kappa shape index (κ3) is 8.87. The molecule has 0 aliphatic carbocycles. The van der Waals surface area contributed by atoms with E-state index in [-0.39, 0.29) is 6.42 Å². The normalized spacial score (nSPS) is 12.0. The van der Waals surface area contributed by atoms with Gasteiger partial charge in [-0.25, -0.2) is 9.97 Å². The monoisotopic (exact) mass is 455 g/mol. The lowest BCUT2D eigenvalue weighted by Crippen LogP contribution is -2.43. The molecule has 2 aromatic rings. The van der Waals surface area contributed by atoms with Crippen molar-refractivity contribution in [2.24, 2.45) is 0 Å². The van der Waals surface area contributed by atoms with Crippen LogP contribution in [0.5, 0.6) is 0 Å². The van der Waals surface area contributed by atoms with Gasteiger partial charge in [-0.3, -0.25) is 9.69 Å². The first-order chi connectivity index (χ1) is 13.7. The van der Waals surface area contributed by atoms with E-state index >= 15 is 0 Å². The van der Waals surface area contributed by atoms with Crippen LogP contribution in [-0.4, -0.2) is 62.9 Å². The molecule has 0 fully saturated rings. The fraction of sp³-hybridized carbons (Fsp3) is 0.333. The van der Waals surface area contributed by atoms with E-state index in [1.807, 2.05) is 41.3 Å². The standard InChI is InChI=1S/C18H21N3O3S4/c22-12-7-15(18(23)24)21(10-13-25-27-16-5-1-3-8-19-16)11-14-26-28-17-6-2-4-9-20-17/h1-6,8-9,12,15H,7,10-11,13-14H2,(H,23,24). The van der Waals surface area contributed by atoms with Crippen LogP contribution >= 0.6 is 43.2 Å². The van der Waals surface area contributed by atoms with E-state index in [9.17, 15) is 14.7 Å². The Morgan fingerprint density at radius 1 is 1.00 bits per heavy atom. The number of pyridine rings is 2. The number of aldehydes is 1. The summed E-state index contributed by atoms with van der Waals surface area (Å²) in [6.45, 7) is 1.17. The van der Waals surface area contributed by atoms with E-state index in [1.165, 1.54) is 0 Å². The molecule has 10 heteroatoms. The zero-order valence-electron chi connectivity index (χ0n) is 15.0. The van der Waals surface area contributed by atoms with Crippen LogP contribution in [0.2, 0.25) is 0 Å². The maximum Gasteiger partial charge on any atom is 0.321 e. The van der Waals surface area contributed by atoms with Gasteiger partial charge in [-0.15, -0.1) is 0 Å². The summed E-state index contributed by atoms with van der Waals surface area (Å²) < 4.78 is 0. The summed E-state index contributed by atoms with van der Waals surface area (Å²) in [7, 11) is 6.39. The lowest BCUT2D eigenvalue weighted by molar-refractivity contribution is -0.144. The molecule has 2 aromatic heterocycles. The average Bonchev–Trinajstić information content (AvgIpc) is 2.72. The number of nitrogens with zero attached hydrogens (tertiary/aromatic N) is 3. The molecular formula is C18H21N3O3S4. The summed E-state index contributed by atoms with van der Waals surface area (Å²) >= 11 is 0. The van der Waals surface area contributed by atoms with Crippen molar-refractivity contribution in [2.45, 2.75) is 22.5 Å². The number of carboxylic acids is 1. The van der Waals surface area contributed by atoms with Gasteiger partial charge in [-0.1, -0.05) is 33.7 Å². The van der Waals surface area contributed by atoms with Gasteiger partial charge >= 0.3 is 5.97 Å². The molecule has 1 N–H and O–H groups in total. The van der Waals surface area contributed by atoms with Crippen molar-refractivity contribution < 1.29 is 14.7 Å². The van der Waals surface area contributed by atoms with Crippen molar-refractivity contribution in [3.05, 3.63) is 48.8 Å². The highest BCUT2D eigenvalue weighted by Gasteiger charge is 2.24.